The van der Waals surface area contributed by atoms with Gasteiger partial charge in [-0.05, 0) is 24.6 Å². The third-order valence-corrected chi connectivity index (χ3v) is 2.80. The van der Waals surface area contributed by atoms with Crippen LogP contribution in [0.25, 0.3) is 0 Å². The summed E-state index contributed by atoms with van der Waals surface area (Å²) in [4.78, 5) is -0.0231. The lowest BCUT2D eigenvalue weighted by atomic mass is 10.2. The average Bonchev–Trinajstić information content (AvgIpc) is 1.94. The van der Waals surface area contributed by atoms with E-state index in [1.807, 2.05) is 0 Å². The topological polar surface area (TPSA) is 80.4 Å². The molecule has 0 spiro atoms. The number of hydrogen-bond acceptors (Lipinski definition) is 4. The fourth-order valence-corrected chi connectivity index (χ4v) is 1.96. The molecule has 1 aromatic carbocycles. The first kappa shape index (κ1) is 9.85. The standard InChI is InChI=1S/C8H11NO3S/c1-5-3-6(10)8(9)7(4-5)13(2,11)12/h3-4,10H,9H2,1-2H3. The number of nitrogen functional groups attached to an aromatic ring is 1. The van der Waals surface area contributed by atoms with Gasteiger partial charge in [-0.2, -0.15) is 0 Å². The highest BCUT2D eigenvalue weighted by Gasteiger charge is 2.14. The number of phenols is 1. The van der Waals surface area contributed by atoms with Crippen molar-refractivity contribution in [3.8, 4) is 5.75 Å². The van der Waals surface area contributed by atoms with Crippen molar-refractivity contribution in [1.29, 1.82) is 0 Å². The Labute approximate surface area is 76.9 Å². The second-order valence-corrected chi connectivity index (χ2v) is 4.95. The summed E-state index contributed by atoms with van der Waals surface area (Å²) in [6.07, 6.45) is 1.05. The average molecular weight is 201 g/mol. The van der Waals surface area contributed by atoms with E-state index in [1.54, 1.807) is 6.92 Å². The minimum atomic E-state index is -3.36. The van der Waals surface area contributed by atoms with Gasteiger partial charge >= 0.3 is 0 Å². The molecular weight excluding hydrogens is 190 g/mol. The summed E-state index contributed by atoms with van der Waals surface area (Å²) in [6, 6.07) is 2.86. The number of anilines is 1. The van der Waals surface area contributed by atoms with Gasteiger partial charge in [0.2, 0.25) is 0 Å². The van der Waals surface area contributed by atoms with Gasteiger partial charge in [-0.1, -0.05) is 0 Å². The number of aryl methyl sites for hydroxylation is 1. The predicted octanol–water partition coefficient (Wildman–Crippen LogP) is 0.686. The molecule has 0 saturated heterocycles. The van der Waals surface area contributed by atoms with Crippen LogP contribution in [0, 0.1) is 6.92 Å². The predicted molar refractivity (Wildman–Crippen MR) is 50.4 cm³/mol. The number of aromatic hydroxyl groups is 1. The first-order valence-corrected chi connectivity index (χ1v) is 5.50. The van der Waals surface area contributed by atoms with Gasteiger partial charge in [-0.15, -0.1) is 0 Å². The molecule has 0 aromatic heterocycles. The molecule has 0 heterocycles. The molecule has 3 N–H and O–H groups in total. The molecule has 0 aliphatic carbocycles. The molecule has 0 atom stereocenters. The van der Waals surface area contributed by atoms with Gasteiger partial charge in [0.05, 0.1) is 10.6 Å². The Morgan fingerprint density at radius 1 is 1.38 bits per heavy atom. The quantitative estimate of drug-likeness (QED) is 0.517. The number of rotatable bonds is 1. The van der Waals surface area contributed by atoms with Crippen LogP contribution < -0.4 is 5.73 Å². The van der Waals surface area contributed by atoms with E-state index in [1.165, 1.54) is 12.1 Å². The molecule has 0 radical (unpaired) electrons. The van der Waals surface area contributed by atoms with Crippen LogP contribution in [0.3, 0.4) is 0 Å². The molecule has 0 unspecified atom stereocenters. The molecule has 0 saturated carbocycles. The third-order valence-electron chi connectivity index (χ3n) is 1.66. The number of hydrogen-bond donors (Lipinski definition) is 2. The maximum Gasteiger partial charge on any atom is 0.177 e. The molecule has 0 fully saturated rings. The van der Waals surface area contributed by atoms with Crippen molar-refractivity contribution in [2.75, 3.05) is 12.0 Å². The van der Waals surface area contributed by atoms with Crippen molar-refractivity contribution in [2.24, 2.45) is 0 Å². The molecule has 0 bridgehead atoms. The van der Waals surface area contributed by atoms with Crippen molar-refractivity contribution < 1.29 is 13.5 Å². The summed E-state index contributed by atoms with van der Waals surface area (Å²) in [5, 5.41) is 9.25. The van der Waals surface area contributed by atoms with E-state index in [0.29, 0.717) is 5.56 Å². The van der Waals surface area contributed by atoms with E-state index in [2.05, 4.69) is 0 Å². The highest BCUT2D eigenvalue weighted by molar-refractivity contribution is 7.90. The van der Waals surface area contributed by atoms with Crippen LogP contribution in [0.2, 0.25) is 0 Å². The first-order valence-electron chi connectivity index (χ1n) is 3.61. The Kier molecular flexibility index (Phi) is 2.21. The van der Waals surface area contributed by atoms with Crippen LogP contribution in [0.15, 0.2) is 17.0 Å². The zero-order chi connectivity index (χ0) is 10.2. The molecular formula is C8H11NO3S. The molecule has 4 nitrogen and oxygen atoms in total. The fourth-order valence-electron chi connectivity index (χ4n) is 1.05. The third kappa shape index (κ3) is 1.92. The van der Waals surface area contributed by atoms with Crippen LogP contribution in [0.1, 0.15) is 5.56 Å². The van der Waals surface area contributed by atoms with Crippen LogP contribution in [-0.2, 0) is 9.84 Å². The van der Waals surface area contributed by atoms with Gasteiger partial charge < -0.3 is 10.8 Å². The summed E-state index contributed by atoms with van der Waals surface area (Å²) < 4.78 is 22.3. The maximum absolute atomic E-state index is 11.2. The van der Waals surface area contributed by atoms with E-state index in [9.17, 15) is 13.5 Å². The summed E-state index contributed by atoms with van der Waals surface area (Å²) in [5.41, 5.74) is 5.98. The molecule has 0 aliphatic heterocycles. The summed E-state index contributed by atoms with van der Waals surface area (Å²) in [5.74, 6) is -0.194. The minimum absolute atomic E-state index is 0.0231. The summed E-state index contributed by atoms with van der Waals surface area (Å²) >= 11 is 0. The highest BCUT2D eigenvalue weighted by Crippen LogP contribution is 2.29. The van der Waals surface area contributed by atoms with Crippen LogP contribution in [0.5, 0.6) is 5.75 Å². The van der Waals surface area contributed by atoms with Crippen molar-refractivity contribution in [3.05, 3.63) is 17.7 Å². The summed E-state index contributed by atoms with van der Waals surface area (Å²) in [6.45, 7) is 1.69. The monoisotopic (exact) mass is 201 g/mol. The molecule has 13 heavy (non-hydrogen) atoms. The Balaban J connectivity index is 3.56. The number of nitrogens with two attached hydrogens (primary N) is 1. The van der Waals surface area contributed by atoms with E-state index in [4.69, 9.17) is 5.73 Å². The Morgan fingerprint density at radius 3 is 2.38 bits per heavy atom. The molecule has 72 valence electrons. The Bertz CT molecular complexity index is 437. The van der Waals surface area contributed by atoms with Crippen LogP contribution in [-0.4, -0.2) is 19.8 Å². The highest BCUT2D eigenvalue weighted by atomic mass is 32.2. The van der Waals surface area contributed by atoms with E-state index in [0.717, 1.165) is 6.26 Å². The van der Waals surface area contributed by atoms with E-state index >= 15 is 0 Å². The van der Waals surface area contributed by atoms with Crippen molar-refractivity contribution >= 4 is 15.5 Å². The second-order valence-electron chi connectivity index (χ2n) is 2.97. The lowest BCUT2D eigenvalue weighted by molar-refractivity contribution is 0.475. The Morgan fingerprint density at radius 2 is 1.92 bits per heavy atom. The largest absolute Gasteiger partial charge is 0.506 e. The van der Waals surface area contributed by atoms with Gasteiger partial charge in [0.25, 0.3) is 0 Å². The van der Waals surface area contributed by atoms with Gasteiger partial charge in [0.15, 0.2) is 9.84 Å². The Hall–Kier alpha value is -1.23. The van der Waals surface area contributed by atoms with Gasteiger partial charge in [-0.25, -0.2) is 8.42 Å². The first-order chi connectivity index (χ1) is 5.82. The van der Waals surface area contributed by atoms with Gasteiger partial charge in [0, 0.05) is 6.26 Å². The zero-order valence-electron chi connectivity index (χ0n) is 7.40. The molecule has 5 heteroatoms. The number of phenolic OH excluding ortho intramolecular Hbond substituents is 1. The fraction of sp³-hybridized carbons (Fsp3) is 0.250. The van der Waals surface area contributed by atoms with E-state index < -0.39 is 9.84 Å². The SMILES string of the molecule is Cc1cc(O)c(N)c(S(C)(=O)=O)c1. The van der Waals surface area contributed by atoms with Gasteiger partial charge in [-0.3, -0.25) is 0 Å². The lowest BCUT2D eigenvalue weighted by Gasteiger charge is -2.06. The molecule has 1 aromatic rings. The second kappa shape index (κ2) is 2.92. The number of benzene rings is 1. The lowest BCUT2D eigenvalue weighted by Crippen LogP contribution is -2.03. The van der Waals surface area contributed by atoms with Gasteiger partial charge in [0.1, 0.15) is 5.75 Å². The van der Waals surface area contributed by atoms with E-state index in [-0.39, 0.29) is 16.3 Å². The van der Waals surface area contributed by atoms with Crippen molar-refractivity contribution in [3.63, 3.8) is 0 Å². The molecule has 1 rings (SSSR count). The normalized spacial score (nSPS) is 11.5. The van der Waals surface area contributed by atoms with Crippen molar-refractivity contribution in [2.45, 2.75) is 11.8 Å². The minimum Gasteiger partial charge on any atom is -0.506 e. The molecule has 0 amide bonds. The number of sulfone groups is 1. The smallest absolute Gasteiger partial charge is 0.177 e. The maximum atomic E-state index is 11.2. The van der Waals surface area contributed by atoms with Crippen molar-refractivity contribution in [1.82, 2.24) is 0 Å². The summed E-state index contributed by atoms with van der Waals surface area (Å²) in [7, 11) is -3.36. The zero-order valence-corrected chi connectivity index (χ0v) is 8.22. The molecule has 0 aliphatic rings. The van der Waals surface area contributed by atoms with Crippen LogP contribution in [0.4, 0.5) is 5.69 Å². The van der Waals surface area contributed by atoms with Crippen LogP contribution >= 0.6 is 0 Å².